The summed E-state index contributed by atoms with van der Waals surface area (Å²) in [5, 5.41) is 0.700. The molecule has 5 rings (SSSR count). The molecule has 1 amide bonds. The van der Waals surface area contributed by atoms with Crippen LogP contribution in [0.4, 0.5) is 0 Å². The van der Waals surface area contributed by atoms with Crippen LogP contribution in [0, 0.1) is 0 Å². The molecular formula is C23H24ClNO3. The summed E-state index contributed by atoms with van der Waals surface area (Å²) in [6, 6.07) is 9.73. The topological polar surface area (TPSA) is 38.8 Å². The Morgan fingerprint density at radius 3 is 2.61 bits per heavy atom. The molecule has 3 aliphatic rings. The highest BCUT2D eigenvalue weighted by Gasteiger charge is 2.33. The summed E-state index contributed by atoms with van der Waals surface area (Å²) in [5.74, 6) is 2.81. The molecular weight excluding hydrogens is 374 g/mol. The lowest BCUT2D eigenvalue weighted by Gasteiger charge is -2.33. The lowest BCUT2D eigenvalue weighted by atomic mass is 9.83. The molecule has 3 heterocycles. The first-order valence-corrected chi connectivity index (χ1v) is 10.5. The van der Waals surface area contributed by atoms with Gasteiger partial charge in [0.2, 0.25) is 5.91 Å². The lowest BCUT2D eigenvalue weighted by molar-refractivity contribution is -0.131. The second-order valence-corrected chi connectivity index (χ2v) is 8.35. The van der Waals surface area contributed by atoms with E-state index in [2.05, 4.69) is 6.07 Å². The second-order valence-electron chi connectivity index (χ2n) is 7.91. The fraction of sp³-hybridized carbons (Fsp3) is 0.435. The zero-order valence-corrected chi connectivity index (χ0v) is 16.6. The number of halogens is 1. The Bertz CT molecular complexity index is 869. The lowest BCUT2D eigenvalue weighted by Crippen LogP contribution is -2.39. The minimum absolute atomic E-state index is 0.198. The first kappa shape index (κ1) is 17.9. The number of ether oxygens (including phenoxy) is 2. The van der Waals surface area contributed by atoms with Gasteiger partial charge in [-0.15, -0.1) is 0 Å². The van der Waals surface area contributed by atoms with Crippen molar-refractivity contribution in [2.24, 2.45) is 0 Å². The zero-order valence-electron chi connectivity index (χ0n) is 15.9. The van der Waals surface area contributed by atoms with Crippen LogP contribution >= 0.6 is 11.6 Å². The maximum atomic E-state index is 12.7. The number of rotatable bonds is 3. The minimum atomic E-state index is 0.198. The number of hydrogen-bond donors (Lipinski definition) is 0. The summed E-state index contributed by atoms with van der Waals surface area (Å²) >= 11 is 5.94. The molecule has 0 N–H and O–H groups in total. The summed E-state index contributed by atoms with van der Waals surface area (Å²) in [6.07, 6.45) is 4.35. The molecule has 1 fully saturated rings. The average molecular weight is 398 g/mol. The Balaban J connectivity index is 1.29. The molecule has 28 heavy (non-hydrogen) atoms. The number of hydrogen-bond acceptors (Lipinski definition) is 3. The summed E-state index contributed by atoms with van der Waals surface area (Å²) in [5.41, 5.74) is 5.01. The quantitative estimate of drug-likeness (QED) is 0.780. The van der Waals surface area contributed by atoms with Gasteiger partial charge in [-0.2, -0.15) is 0 Å². The Morgan fingerprint density at radius 1 is 1.07 bits per heavy atom. The van der Waals surface area contributed by atoms with Crippen molar-refractivity contribution in [2.45, 2.75) is 38.0 Å². The van der Waals surface area contributed by atoms with Gasteiger partial charge in [0.05, 0.1) is 19.6 Å². The van der Waals surface area contributed by atoms with E-state index in [-0.39, 0.29) is 5.91 Å². The van der Waals surface area contributed by atoms with Crippen LogP contribution in [0.1, 0.15) is 41.0 Å². The van der Waals surface area contributed by atoms with Gasteiger partial charge in [0.1, 0.15) is 11.5 Å². The fourth-order valence-electron chi connectivity index (χ4n) is 4.76. The molecule has 0 unspecified atom stereocenters. The van der Waals surface area contributed by atoms with Gasteiger partial charge in [-0.1, -0.05) is 23.7 Å². The highest BCUT2D eigenvalue weighted by atomic mass is 35.5. The summed E-state index contributed by atoms with van der Waals surface area (Å²) < 4.78 is 11.9. The van der Waals surface area contributed by atoms with Crippen LogP contribution in [0.25, 0.3) is 0 Å². The summed E-state index contributed by atoms with van der Waals surface area (Å²) in [4.78, 5) is 14.7. The number of amides is 1. The van der Waals surface area contributed by atoms with Crippen molar-refractivity contribution in [2.75, 3.05) is 26.3 Å². The Hall–Kier alpha value is -2.20. The largest absolute Gasteiger partial charge is 0.493 e. The van der Waals surface area contributed by atoms with Crippen molar-refractivity contribution in [3.63, 3.8) is 0 Å². The Labute approximate surface area is 170 Å². The van der Waals surface area contributed by atoms with Crippen molar-refractivity contribution >= 4 is 17.5 Å². The summed E-state index contributed by atoms with van der Waals surface area (Å²) in [6.45, 7) is 3.14. The predicted molar refractivity (Wildman–Crippen MR) is 109 cm³/mol. The van der Waals surface area contributed by atoms with Gasteiger partial charge in [-0.25, -0.2) is 0 Å². The van der Waals surface area contributed by atoms with Crippen molar-refractivity contribution < 1.29 is 14.3 Å². The number of carbonyl (C=O) groups is 1. The van der Waals surface area contributed by atoms with Gasteiger partial charge in [0, 0.05) is 47.6 Å². The van der Waals surface area contributed by atoms with Crippen molar-refractivity contribution in [3.05, 3.63) is 57.6 Å². The first-order valence-electron chi connectivity index (χ1n) is 10.2. The molecule has 0 bridgehead atoms. The van der Waals surface area contributed by atoms with Crippen LogP contribution in [0.15, 0.2) is 30.3 Å². The Morgan fingerprint density at radius 2 is 1.82 bits per heavy atom. The molecule has 3 aliphatic heterocycles. The van der Waals surface area contributed by atoms with Crippen molar-refractivity contribution in [3.8, 4) is 11.5 Å². The third-order valence-electron chi connectivity index (χ3n) is 6.22. The molecule has 146 valence electrons. The van der Waals surface area contributed by atoms with Gasteiger partial charge >= 0.3 is 0 Å². The van der Waals surface area contributed by atoms with E-state index in [0.29, 0.717) is 17.4 Å². The molecule has 0 aliphatic carbocycles. The molecule has 0 atom stereocenters. The van der Waals surface area contributed by atoms with E-state index in [9.17, 15) is 4.79 Å². The monoisotopic (exact) mass is 397 g/mol. The molecule has 4 nitrogen and oxygen atoms in total. The van der Waals surface area contributed by atoms with Gasteiger partial charge in [-0.05, 0) is 42.5 Å². The molecule has 0 spiro atoms. The van der Waals surface area contributed by atoms with Gasteiger partial charge in [0.25, 0.3) is 0 Å². The van der Waals surface area contributed by atoms with E-state index in [1.54, 1.807) is 0 Å². The standard InChI is InChI=1S/C23H24ClNO3/c24-18-3-1-15(2-4-18)13-21(26)25-9-5-16(6-10-25)22-19-8-12-27-20(19)14-17-7-11-28-23(17)22/h1-4,14,16H,5-13H2. The van der Waals surface area contributed by atoms with Crippen molar-refractivity contribution in [1.82, 2.24) is 4.90 Å². The van der Waals surface area contributed by atoms with Crippen molar-refractivity contribution in [1.29, 1.82) is 0 Å². The molecule has 1 saturated heterocycles. The fourth-order valence-corrected chi connectivity index (χ4v) is 4.89. The Kier molecular flexibility index (Phi) is 4.67. The highest BCUT2D eigenvalue weighted by Crippen LogP contribution is 2.46. The molecule has 5 heteroatoms. The molecule has 0 radical (unpaired) electrons. The first-order chi connectivity index (χ1) is 13.7. The van der Waals surface area contributed by atoms with E-state index < -0.39 is 0 Å². The normalized spacial score (nSPS) is 18.4. The SMILES string of the molecule is O=C(Cc1ccc(Cl)cc1)N1CCC(c2c3c(cc4c2OCC4)OCC3)CC1. The number of nitrogens with zero attached hydrogens (tertiary/aromatic N) is 1. The van der Waals surface area contributed by atoms with Crippen LogP contribution in [0.3, 0.4) is 0 Å². The molecule has 0 saturated carbocycles. The molecule has 2 aromatic rings. The van der Waals surface area contributed by atoms with E-state index in [1.165, 1.54) is 16.7 Å². The third kappa shape index (κ3) is 3.24. The smallest absolute Gasteiger partial charge is 0.226 e. The van der Waals surface area contributed by atoms with Crippen LogP contribution in [-0.2, 0) is 24.1 Å². The number of carbonyl (C=O) groups excluding carboxylic acids is 1. The van der Waals surface area contributed by atoms with E-state index in [0.717, 1.165) is 69.0 Å². The maximum Gasteiger partial charge on any atom is 0.226 e. The van der Waals surface area contributed by atoms with Crippen LogP contribution in [0.2, 0.25) is 5.02 Å². The predicted octanol–water partition coefficient (Wildman–Crippen LogP) is 4.16. The number of benzene rings is 2. The molecule has 0 aromatic heterocycles. The third-order valence-corrected chi connectivity index (χ3v) is 6.47. The van der Waals surface area contributed by atoms with Crippen LogP contribution < -0.4 is 9.47 Å². The molecule has 2 aromatic carbocycles. The van der Waals surface area contributed by atoms with Crippen LogP contribution in [-0.4, -0.2) is 37.1 Å². The maximum absolute atomic E-state index is 12.7. The van der Waals surface area contributed by atoms with Gasteiger partial charge in [0.15, 0.2) is 0 Å². The number of piperidine rings is 1. The number of likely N-dealkylation sites (tertiary alicyclic amines) is 1. The summed E-state index contributed by atoms with van der Waals surface area (Å²) in [7, 11) is 0. The van der Waals surface area contributed by atoms with E-state index >= 15 is 0 Å². The second kappa shape index (κ2) is 7.32. The minimum Gasteiger partial charge on any atom is -0.493 e. The average Bonchev–Trinajstić information content (AvgIpc) is 3.37. The van der Waals surface area contributed by atoms with Gasteiger partial charge < -0.3 is 14.4 Å². The highest BCUT2D eigenvalue weighted by molar-refractivity contribution is 6.30. The van der Waals surface area contributed by atoms with Crippen LogP contribution in [0.5, 0.6) is 11.5 Å². The van der Waals surface area contributed by atoms with E-state index in [1.807, 2.05) is 29.2 Å². The number of fused-ring (bicyclic) bond motifs is 2. The van der Waals surface area contributed by atoms with E-state index in [4.69, 9.17) is 21.1 Å². The zero-order chi connectivity index (χ0) is 19.1. The van der Waals surface area contributed by atoms with Gasteiger partial charge in [-0.3, -0.25) is 4.79 Å².